The molecule has 0 N–H and O–H groups in total. The first-order chi connectivity index (χ1) is 9.61. The van der Waals surface area contributed by atoms with E-state index in [1.807, 2.05) is 37.3 Å². The zero-order valence-corrected chi connectivity index (χ0v) is 11.9. The van der Waals surface area contributed by atoms with Crippen LogP contribution >= 0.6 is 11.6 Å². The van der Waals surface area contributed by atoms with E-state index in [4.69, 9.17) is 11.6 Å². The number of nitrogens with zero attached hydrogens (tertiary/aromatic N) is 2. The Hall–Kier alpha value is -1.94. The van der Waals surface area contributed by atoms with Crippen molar-refractivity contribution < 1.29 is 4.79 Å². The van der Waals surface area contributed by atoms with Gasteiger partial charge in [-0.05, 0) is 31.0 Å². The highest BCUT2D eigenvalue weighted by molar-refractivity contribution is 6.63. The van der Waals surface area contributed by atoms with Crippen molar-refractivity contribution in [3.05, 3.63) is 52.3 Å². The first kappa shape index (κ1) is 14.5. The molecule has 0 amide bonds. The quantitative estimate of drug-likeness (QED) is 0.796. The number of aryl methyl sites for hydroxylation is 2. The lowest BCUT2D eigenvalue weighted by atomic mass is 10.1. The van der Waals surface area contributed by atoms with E-state index in [9.17, 15) is 9.59 Å². The van der Waals surface area contributed by atoms with Crippen molar-refractivity contribution in [3.8, 4) is 11.3 Å². The molecule has 4 nitrogen and oxygen atoms in total. The molecule has 0 spiro atoms. The van der Waals surface area contributed by atoms with Crippen molar-refractivity contribution in [2.24, 2.45) is 0 Å². The third kappa shape index (κ3) is 3.33. The summed E-state index contributed by atoms with van der Waals surface area (Å²) < 4.78 is 1.41. The van der Waals surface area contributed by atoms with Gasteiger partial charge < -0.3 is 0 Å². The van der Waals surface area contributed by atoms with E-state index >= 15 is 0 Å². The van der Waals surface area contributed by atoms with E-state index in [0.717, 1.165) is 11.3 Å². The number of aromatic nitrogens is 2. The molecule has 1 heterocycles. The molecule has 0 atom stereocenters. The van der Waals surface area contributed by atoms with Gasteiger partial charge in [-0.2, -0.15) is 5.10 Å². The van der Waals surface area contributed by atoms with Gasteiger partial charge >= 0.3 is 0 Å². The van der Waals surface area contributed by atoms with Gasteiger partial charge in [0.15, 0.2) is 0 Å². The second-order valence-corrected chi connectivity index (χ2v) is 4.82. The minimum atomic E-state index is -0.439. The zero-order chi connectivity index (χ0) is 14.5. The molecule has 20 heavy (non-hydrogen) atoms. The SMILES string of the molecule is CCn1nc(-c2ccccc2)cc(CCC(=O)Cl)c1=O. The van der Waals surface area contributed by atoms with Gasteiger partial charge in [0.05, 0.1) is 5.69 Å². The van der Waals surface area contributed by atoms with E-state index < -0.39 is 5.24 Å². The maximum absolute atomic E-state index is 12.1. The molecule has 1 aromatic heterocycles. The largest absolute Gasteiger partial charge is 0.281 e. The molecular weight excluding hydrogens is 276 g/mol. The van der Waals surface area contributed by atoms with E-state index in [0.29, 0.717) is 18.5 Å². The molecule has 2 aromatic rings. The maximum Gasteiger partial charge on any atom is 0.269 e. The summed E-state index contributed by atoms with van der Waals surface area (Å²) in [6.07, 6.45) is 0.488. The van der Waals surface area contributed by atoms with Crippen LogP contribution in [0.25, 0.3) is 11.3 Å². The predicted octanol–water partition coefficient (Wildman–Crippen LogP) is 2.63. The summed E-state index contributed by atoms with van der Waals surface area (Å²) in [5, 5.41) is 3.90. The summed E-state index contributed by atoms with van der Waals surface area (Å²) >= 11 is 5.35. The lowest BCUT2D eigenvalue weighted by Gasteiger charge is -2.08. The molecule has 0 aliphatic heterocycles. The van der Waals surface area contributed by atoms with Crippen LogP contribution in [0, 0.1) is 0 Å². The van der Waals surface area contributed by atoms with Crippen molar-refractivity contribution in [1.29, 1.82) is 0 Å². The number of benzene rings is 1. The zero-order valence-electron chi connectivity index (χ0n) is 11.2. The number of halogens is 1. The number of carbonyl (C=O) groups is 1. The Balaban J connectivity index is 2.46. The fourth-order valence-electron chi connectivity index (χ4n) is 1.97. The van der Waals surface area contributed by atoms with E-state index in [1.54, 1.807) is 6.07 Å². The molecule has 0 unspecified atom stereocenters. The van der Waals surface area contributed by atoms with Crippen LogP contribution in [0.4, 0.5) is 0 Å². The highest BCUT2D eigenvalue weighted by Gasteiger charge is 2.10. The molecule has 0 saturated carbocycles. The van der Waals surface area contributed by atoms with Crippen LogP contribution in [-0.2, 0) is 17.8 Å². The summed E-state index contributed by atoms with van der Waals surface area (Å²) in [6, 6.07) is 11.4. The smallest absolute Gasteiger partial charge is 0.269 e. The van der Waals surface area contributed by atoms with Crippen molar-refractivity contribution in [2.45, 2.75) is 26.3 Å². The van der Waals surface area contributed by atoms with Crippen LogP contribution in [0.15, 0.2) is 41.2 Å². The molecular formula is C15H15ClN2O2. The van der Waals surface area contributed by atoms with Crippen LogP contribution < -0.4 is 5.56 Å². The van der Waals surface area contributed by atoms with Gasteiger partial charge in [0.2, 0.25) is 5.24 Å². The van der Waals surface area contributed by atoms with Gasteiger partial charge in [-0.15, -0.1) is 0 Å². The molecule has 0 fully saturated rings. The van der Waals surface area contributed by atoms with Crippen molar-refractivity contribution in [2.75, 3.05) is 0 Å². The van der Waals surface area contributed by atoms with Crippen LogP contribution in [-0.4, -0.2) is 15.0 Å². The summed E-state index contributed by atoms with van der Waals surface area (Å²) in [7, 11) is 0. The van der Waals surface area contributed by atoms with Crippen molar-refractivity contribution >= 4 is 16.8 Å². The first-order valence-electron chi connectivity index (χ1n) is 6.46. The van der Waals surface area contributed by atoms with Gasteiger partial charge in [0.1, 0.15) is 0 Å². The second-order valence-electron chi connectivity index (χ2n) is 4.40. The number of hydrogen-bond acceptors (Lipinski definition) is 3. The highest BCUT2D eigenvalue weighted by atomic mass is 35.5. The molecule has 0 bridgehead atoms. The molecule has 2 rings (SSSR count). The Morgan fingerprint density at radius 1 is 1.30 bits per heavy atom. The van der Waals surface area contributed by atoms with Crippen LogP contribution in [0.2, 0.25) is 0 Å². The summed E-state index contributed by atoms with van der Waals surface area (Å²) in [5.74, 6) is 0. The topological polar surface area (TPSA) is 52.0 Å². The Labute approximate surface area is 122 Å². The van der Waals surface area contributed by atoms with Crippen LogP contribution in [0.5, 0.6) is 0 Å². The normalized spacial score (nSPS) is 10.5. The molecule has 5 heteroatoms. The number of hydrogen-bond donors (Lipinski definition) is 0. The van der Waals surface area contributed by atoms with Gasteiger partial charge in [0, 0.05) is 24.1 Å². The first-order valence-corrected chi connectivity index (χ1v) is 6.84. The van der Waals surface area contributed by atoms with Gasteiger partial charge in [0.25, 0.3) is 5.56 Å². The maximum atomic E-state index is 12.1. The molecule has 0 aliphatic carbocycles. The Kier molecular flexibility index (Phi) is 4.69. The molecule has 1 aromatic carbocycles. The molecule has 0 radical (unpaired) electrons. The Morgan fingerprint density at radius 3 is 2.60 bits per heavy atom. The Morgan fingerprint density at radius 2 is 2.00 bits per heavy atom. The van der Waals surface area contributed by atoms with Crippen LogP contribution in [0.1, 0.15) is 18.9 Å². The monoisotopic (exact) mass is 290 g/mol. The van der Waals surface area contributed by atoms with E-state index in [1.165, 1.54) is 4.68 Å². The van der Waals surface area contributed by atoms with E-state index in [-0.39, 0.29) is 12.0 Å². The third-order valence-electron chi connectivity index (χ3n) is 3.01. The lowest BCUT2D eigenvalue weighted by molar-refractivity contribution is -0.111. The fourth-order valence-corrected chi connectivity index (χ4v) is 2.07. The third-order valence-corrected chi connectivity index (χ3v) is 3.20. The number of rotatable bonds is 5. The van der Waals surface area contributed by atoms with Gasteiger partial charge in [-0.3, -0.25) is 9.59 Å². The van der Waals surface area contributed by atoms with Gasteiger partial charge in [-0.25, -0.2) is 4.68 Å². The molecule has 0 saturated heterocycles. The highest BCUT2D eigenvalue weighted by Crippen LogP contribution is 2.16. The minimum Gasteiger partial charge on any atom is -0.281 e. The summed E-state index contributed by atoms with van der Waals surface area (Å²) in [5.41, 5.74) is 2.07. The van der Waals surface area contributed by atoms with Gasteiger partial charge in [-0.1, -0.05) is 30.3 Å². The Bertz CT molecular complexity index is 665. The average Bonchev–Trinajstić information content (AvgIpc) is 2.47. The standard InChI is InChI=1S/C15H15ClN2O2/c1-2-18-15(20)12(8-9-14(16)19)10-13(17-18)11-6-4-3-5-7-11/h3-7,10H,2,8-9H2,1H3. The number of carbonyl (C=O) groups excluding carboxylic acids is 1. The summed E-state index contributed by atoms with van der Waals surface area (Å²) in [6.45, 7) is 2.35. The van der Waals surface area contributed by atoms with Crippen molar-refractivity contribution in [3.63, 3.8) is 0 Å². The molecule has 104 valence electrons. The van der Waals surface area contributed by atoms with Crippen LogP contribution in [0.3, 0.4) is 0 Å². The summed E-state index contributed by atoms with van der Waals surface area (Å²) in [4.78, 5) is 23.0. The van der Waals surface area contributed by atoms with Crippen molar-refractivity contribution in [1.82, 2.24) is 9.78 Å². The fraction of sp³-hybridized carbons (Fsp3) is 0.267. The lowest BCUT2D eigenvalue weighted by Crippen LogP contribution is -2.26. The second kappa shape index (κ2) is 6.48. The predicted molar refractivity (Wildman–Crippen MR) is 78.8 cm³/mol. The molecule has 0 aliphatic rings. The average molecular weight is 291 g/mol. The van der Waals surface area contributed by atoms with E-state index in [2.05, 4.69) is 5.10 Å². The minimum absolute atomic E-state index is 0.152.